The lowest BCUT2D eigenvalue weighted by atomic mass is 10.2. The van der Waals surface area contributed by atoms with Crippen LogP contribution in [0.2, 0.25) is 5.02 Å². The third kappa shape index (κ3) is 2.62. The van der Waals surface area contributed by atoms with Crippen molar-refractivity contribution in [3.63, 3.8) is 0 Å². The van der Waals surface area contributed by atoms with Crippen LogP contribution in [0.4, 0.5) is 5.82 Å². The third-order valence-electron chi connectivity index (χ3n) is 3.13. The maximum Gasteiger partial charge on any atom is 0.138 e. The molecule has 3 nitrogen and oxygen atoms in total. The average molecular weight is 304 g/mol. The van der Waals surface area contributed by atoms with Gasteiger partial charge >= 0.3 is 0 Å². The number of aryl methyl sites for hydroxylation is 1. The first-order chi connectivity index (χ1) is 9.78. The Bertz CT molecular complexity index is 739. The predicted molar refractivity (Wildman–Crippen MR) is 85.6 cm³/mol. The molecule has 0 amide bonds. The van der Waals surface area contributed by atoms with Gasteiger partial charge in [-0.1, -0.05) is 36.7 Å². The van der Waals surface area contributed by atoms with Gasteiger partial charge in [-0.05, 0) is 24.1 Å². The molecule has 1 aromatic carbocycles. The molecule has 3 aromatic rings. The van der Waals surface area contributed by atoms with Gasteiger partial charge in [-0.25, -0.2) is 9.97 Å². The number of thiophene rings is 1. The molecule has 0 bridgehead atoms. The van der Waals surface area contributed by atoms with Gasteiger partial charge in [-0.3, -0.25) is 0 Å². The van der Waals surface area contributed by atoms with E-state index in [0.717, 1.165) is 33.0 Å². The molecular weight excluding hydrogens is 290 g/mol. The molecule has 20 heavy (non-hydrogen) atoms. The van der Waals surface area contributed by atoms with Crippen molar-refractivity contribution in [1.82, 2.24) is 9.97 Å². The number of rotatable bonds is 4. The summed E-state index contributed by atoms with van der Waals surface area (Å²) < 4.78 is 0. The summed E-state index contributed by atoms with van der Waals surface area (Å²) in [7, 11) is 0. The van der Waals surface area contributed by atoms with Gasteiger partial charge in [0.2, 0.25) is 0 Å². The highest BCUT2D eigenvalue weighted by Gasteiger charge is 2.08. The molecule has 5 heteroatoms. The Morgan fingerprint density at radius 2 is 2.10 bits per heavy atom. The second kappa shape index (κ2) is 5.77. The number of fused-ring (bicyclic) bond motifs is 1. The molecule has 0 unspecified atom stereocenters. The van der Waals surface area contributed by atoms with Crippen LogP contribution in [0.1, 0.15) is 17.4 Å². The van der Waals surface area contributed by atoms with Gasteiger partial charge < -0.3 is 5.32 Å². The molecule has 102 valence electrons. The van der Waals surface area contributed by atoms with Crippen LogP contribution in [0.25, 0.3) is 10.2 Å². The predicted octanol–water partition coefficient (Wildman–Crippen LogP) is 4.52. The first-order valence-electron chi connectivity index (χ1n) is 6.48. The van der Waals surface area contributed by atoms with Gasteiger partial charge in [0.05, 0.1) is 5.39 Å². The molecular formula is C15H14ClN3S. The number of aromatic nitrogens is 2. The van der Waals surface area contributed by atoms with Crippen molar-refractivity contribution in [2.75, 3.05) is 5.32 Å². The van der Waals surface area contributed by atoms with Crippen molar-refractivity contribution in [3.8, 4) is 0 Å². The van der Waals surface area contributed by atoms with Crippen LogP contribution in [0, 0.1) is 0 Å². The van der Waals surface area contributed by atoms with Crippen LogP contribution < -0.4 is 5.32 Å². The fourth-order valence-corrected chi connectivity index (χ4v) is 3.18. The molecule has 0 aliphatic heterocycles. The van der Waals surface area contributed by atoms with Gasteiger partial charge in [-0.15, -0.1) is 11.3 Å². The van der Waals surface area contributed by atoms with Crippen molar-refractivity contribution >= 4 is 39.0 Å². The molecule has 0 atom stereocenters. The molecule has 0 saturated heterocycles. The number of nitrogens with one attached hydrogen (secondary N) is 1. The van der Waals surface area contributed by atoms with E-state index < -0.39 is 0 Å². The zero-order chi connectivity index (χ0) is 13.9. The second-order valence-corrected chi connectivity index (χ2v) is 5.97. The molecule has 0 radical (unpaired) electrons. The third-order valence-corrected chi connectivity index (χ3v) is 4.69. The van der Waals surface area contributed by atoms with E-state index in [0.29, 0.717) is 6.54 Å². The van der Waals surface area contributed by atoms with E-state index in [1.165, 1.54) is 4.88 Å². The van der Waals surface area contributed by atoms with Crippen molar-refractivity contribution in [2.24, 2.45) is 0 Å². The van der Waals surface area contributed by atoms with E-state index in [9.17, 15) is 0 Å². The number of nitrogens with zero attached hydrogens (tertiary/aromatic N) is 2. The SMILES string of the molecule is CCc1cc2c(NCc3ccccc3Cl)ncnc2s1. The number of anilines is 1. The summed E-state index contributed by atoms with van der Waals surface area (Å²) in [6.45, 7) is 2.80. The van der Waals surface area contributed by atoms with Crippen molar-refractivity contribution < 1.29 is 0 Å². The average Bonchev–Trinajstić information content (AvgIpc) is 2.90. The smallest absolute Gasteiger partial charge is 0.138 e. The molecule has 0 aliphatic rings. The van der Waals surface area contributed by atoms with E-state index >= 15 is 0 Å². The quantitative estimate of drug-likeness (QED) is 0.770. The summed E-state index contributed by atoms with van der Waals surface area (Å²) >= 11 is 7.88. The minimum Gasteiger partial charge on any atom is -0.365 e. The van der Waals surface area contributed by atoms with Crippen molar-refractivity contribution in [2.45, 2.75) is 19.9 Å². The van der Waals surface area contributed by atoms with Gasteiger partial charge in [0.15, 0.2) is 0 Å². The Hall–Kier alpha value is -1.65. The van der Waals surface area contributed by atoms with E-state index in [1.54, 1.807) is 17.7 Å². The molecule has 3 rings (SSSR count). The number of hydrogen-bond donors (Lipinski definition) is 1. The summed E-state index contributed by atoms with van der Waals surface area (Å²) in [4.78, 5) is 11.0. The molecule has 2 aromatic heterocycles. The minimum absolute atomic E-state index is 0.656. The molecule has 2 heterocycles. The maximum atomic E-state index is 6.16. The van der Waals surface area contributed by atoms with E-state index in [-0.39, 0.29) is 0 Å². The molecule has 0 saturated carbocycles. The molecule has 1 N–H and O–H groups in total. The largest absolute Gasteiger partial charge is 0.365 e. The van der Waals surface area contributed by atoms with Crippen LogP contribution in [-0.4, -0.2) is 9.97 Å². The highest BCUT2D eigenvalue weighted by atomic mass is 35.5. The summed E-state index contributed by atoms with van der Waals surface area (Å²) in [5.41, 5.74) is 1.06. The molecule has 0 aliphatic carbocycles. The van der Waals surface area contributed by atoms with Crippen molar-refractivity contribution in [1.29, 1.82) is 0 Å². The van der Waals surface area contributed by atoms with Crippen LogP contribution >= 0.6 is 22.9 Å². The second-order valence-electron chi connectivity index (χ2n) is 4.45. The lowest BCUT2D eigenvalue weighted by Crippen LogP contribution is -2.02. The van der Waals surface area contributed by atoms with Crippen LogP contribution in [-0.2, 0) is 13.0 Å². The maximum absolute atomic E-state index is 6.16. The van der Waals surface area contributed by atoms with E-state index in [4.69, 9.17) is 11.6 Å². The monoisotopic (exact) mass is 303 g/mol. The first kappa shape index (κ1) is 13.3. The molecule has 0 fully saturated rings. The van der Waals surface area contributed by atoms with Gasteiger partial charge in [0.1, 0.15) is 17.0 Å². The van der Waals surface area contributed by atoms with E-state index in [2.05, 4.69) is 28.3 Å². The summed E-state index contributed by atoms with van der Waals surface area (Å²) in [5.74, 6) is 0.867. The Morgan fingerprint density at radius 3 is 2.90 bits per heavy atom. The highest BCUT2D eigenvalue weighted by molar-refractivity contribution is 7.18. The summed E-state index contributed by atoms with van der Waals surface area (Å²) in [6.07, 6.45) is 2.62. The number of benzene rings is 1. The lowest BCUT2D eigenvalue weighted by molar-refractivity contribution is 1.10. The number of hydrogen-bond acceptors (Lipinski definition) is 4. The van der Waals surface area contributed by atoms with Gasteiger partial charge in [0.25, 0.3) is 0 Å². The minimum atomic E-state index is 0.656. The Kier molecular flexibility index (Phi) is 3.85. The van der Waals surface area contributed by atoms with Crippen LogP contribution in [0.15, 0.2) is 36.7 Å². The fourth-order valence-electron chi connectivity index (χ4n) is 2.04. The number of halogens is 1. The summed E-state index contributed by atoms with van der Waals surface area (Å²) in [6, 6.07) is 9.99. The highest BCUT2D eigenvalue weighted by Crippen LogP contribution is 2.28. The normalized spacial score (nSPS) is 10.9. The fraction of sp³-hybridized carbons (Fsp3) is 0.200. The Labute approximate surface area is 126 Å². The lowest BCUT2D eigenvalue weighted by Gasteiger charge is -2.07. The Balaban J connectivity index is 1.87. The zero-order valence-corrected chi connectivity index (χ0v) is 12.6. The standard InChI is InChI=1S/C15H14ClN3S/c1-2-11-7-12-14(18-9-19-15(12)20-11)17-8-10-5-3-4-6-13(10)16/h3-7,9H,2,8H2,1H3,(H,17,18,19). The zero-order valence-electron chi connectivity index (χ0n) is 11.1. The van der Waals surface area contributed by atoms with Gasteiger partial charge in [0, 0.05) is 16.4 Å². The van der Waals surface area contributed by atoms with Gasteiger partial charge in [-0.2, -0.15) is 0 Å². The first-order valence-corrected chi connectivity index (χ1v) is 7.68. The van der Waals surface area contributed by atoms with Crippen LogP contribution in [0.5, 0.6) is 0 Å². The Morgan fingerprint density at radius 1 is 1.25 bits per heavy atom. The van der Waals surface area contributed by atoms with E-state index in [1.807, 2.05) is 24.3 Å². The van der Waals surface area contributed by atoms with Crippen LogP contribution in [0.3, 0.4) is 0 Å². The molecule has 0 spiro atoms. The summed E-state index contributed by atoms with van der Waals surface area (Å²) in [5, 5.41) is 5.21. The topological polar surface area (TPSA) is 37.8 Å². The van der Waals surface area contributed by atoms with Crippen molar-refractivity contribution in [3.05, 3.63) is 52.1 Å².